The summed E-state index contributed by atoms with van der Waals surface area (Å²) in [5.41, 5.74) is 0. The van der Waals surface area contributed by atoms with E-state index in [0.29, 0.717) is 5.92 Å². The highest BCUT2D eigenvalue weighted by molar-refractivity contribution is 5.70. The predicted octanol–water partition coefficient (Wildman–Crippen LogP) is 2.34. The van der Waals surface area contributed by atoms with Gasteiger partial charge < -0.3 is 15.0 Å². The van der Waals surface area contributed by atoms with Crippen LogP contribution in [-0.2, 0) is 4.79 Å². The lowest BCUT2D eigenvalue weighted by Gasteiger charge is -2.30. The molecule has 2 N–H and O–H groups in total. The molecule has 4 nitrogen and oxygen atoms in total. The molecule has 0 amide bonds. The Hall–Kier alpha value is -1.45. The first-order chi connectivity index (χ1) is 8.16. The Morgan fingerprint density at radius 3 is 2.71 bits per heavy atom. The van der Waals surface area contributed by atoms with Crippen LogP contribution < -0.4 is 4.90 Å². The summed E-state index contributed by atoms with van der Waals surface area (Å²) in [5, 5.41) is 8.94. The van der Waals surface area contributed by atoms with E-state index in [2.05, 4.69) is 23.0 Å². The second-order valence-corrected chi connectivity index (χ2v) is 4.99. The molecule has 94 valence electrons. The number of hydrogen-bond acceptors (Lipinski definition) is 2. The molecular formula is C13H20N2O2. The van der Waals surface area contributed by atoms with Gasteiger partial charge in [0.25, 0.3) is 0 Å². The number of nitrogens with zero attached hydrogens (tertiary/aromatic N) is 1. The van der Waals surface area contributed by atoms with Crippen molar-refractivity contribution < 1.29 is 9.90 Å². The number of anilines is 1. The lowest BCUT2D eigenvalue weighted by molar-refractivity contribution is -0.143. The molecule has 0 atom stereocenters. The van der Waals surface area contributed by atoms with Crippen LogP contribution >= 0.6 is 0 Å². The first-order valence-corrected chi connectivity index (χ1v) is 6.24. The Labute approximate surface area is 102 Å². The van der Waals surface area contributed by atoms with Gasteiger partial charge in [0.2, 0.25) is 0 Å². The molecule has 0 saturated heterocycles. The SMILES string of the molecule is CN(CC1CCC(C(=O)O)CC1)c1ccc[nH]1. The molecule has 17 heavy (non-hydrogen) atoms. The number of aromatic amines is 1. The molecule has 1 saturated carbocycles. The zero-order chi connectivity index (χ0) is 12.3. The van der Waals surface area contributed by atoms with Crippen molar-refractivity contribution in [2.24, 2.45) is 11.8 Å². The van der Waals surface area contributed by atoms with Crippen molar-refractivity contribution in [1.82, 2.24) is 4.98 Å². The number of aliphatic carboxylic acids is 1. The molecule has 4 heteroatoms. The Morgan fingerprint density at radius 1 is 1.47 bits per heavy atom. The van der Waals surface area contributed by atoms with Crippen LogP contribution in [0, 0.1) is 11.8 Å². The summed E-state index contributed by atoms with van der Waals surface area (Å²) in [7, 11) is 2.08. The summed E-state index contributed by atoms with van der Waals surface area (Å²) in [4.78, 5) is 16.3. The monoisotopic (exact) mass is 236 g/mol. The first-order valence-electron chi connectivity index (χ1n) is 6.24. The van der Waals surface area contributed by atoms with Crippen molar-refractivity contribution in [1.29, 1.82) is 0 Å². The van der Waals surface area contributed by atoms with Crippen molar-refractivity contribution in [3.8, 4) is 0 Å². The van der Waals surface area contributed by atoms with E-state index in [4.69, 9.17) is 5.11 Å². The van der Waals surface area contributed by atoms with E-state index < -0.39 is 5.97 Å². The molecule has 0 aromatic carbocycles. The fourth-order valence-electron chi connectivity index (χ4n) is 2.64. The Balaban J connectivity index is 1.80. The van der Waals surface area contributed by atoms with Gasteiger partial charge in [-0.2, -0.15) is 0 Å². The standard InChI is InChI=1S/C13H20N2O2/c1-15(12-3-2-8-14-12)9-10-4-6-11(7-5-10)13(16)17/h2-3,8,10-11,14H,4-7,9H2,1H3,(H,16,17). The van der Waals surface area contributed by atoms with Crippen molar-refractivity contribution in [2.45, 2.75) is 25.7 Å². The fraction of sp³-hybridized carbons (Fsp3) is 0.615. The van der Waals surface area contributed by atoms with Crippen molar-refractivity contribution in [3.63, 3.8) is 0 Å². The molecule has 0 aliphatic heterocycles. The van der Waals surface area contributed by atoms with Gasteiger partial charge in [-0.1, -0.05) is 0 Å². The second kappa shape index (κ2) is 5.25. The molecule has 1 aliphatic rings. The number of H-pyrrole nitrogens is 1. The van der Waals surface area contributed by atoms with Gasteiger partial charge in [-0.15, -0.1) is 0 Å². The summed E-state index contributed by atoms with van der Waals surface area (Å²) in [5.74, 6) is 1.02. The Morgan fingerprint density at radius 2 is 2.18 bits per heavy atom. The highest BCUT2D eigenvalue weighted by Crippen LogP contribution is 2.29. The molecule has 0 bridgehead atoms. The van der Waals surface area contributed by atoms with Crippen molar-refractivity contribution in [3.05, 3.63) is 18.3 Å². The average molecular weight is 236 g/mol. The average Bonchev–Trinajstić information content (AvgIpc) is 2.83. The molecule has 0 spiro atoms. The van der Waals surface area contributed by atoms with Crippen LogP contribution in [0.25, 0.3) is 0 Å². The normalized spacial score (nSPS) is 24.5. The van der Waals surface area contributed by atoms with Gasteiger partial charge in [0, 0.05) is 19.8 Å². The topological polar surface area (TPSA) is 56.3 Å². The highest BCUT2D eigenvalue weighted by atomic mass is 16.4. The maximum absolute atomic E-state index is 10.9. The molecule has 1 heterocycles. The molecule has 1 aromatic rings. The molecule has 1 fully saturated rings. The van der Waals surface area contributed by atoms with E-state index in [1.807, 2.05) is 12.3 Å². The molecule has 0 radical (unpaired) electrons. The zero-order valence-corrected chi connectivity index (χ0v) is 10.2. The van der Waals surface area contributed by atoms with Crippen LogP contribution in [0.15, 0.2) is 18.3 Å². The minimum atomic E-state index is -0.624. The van der Waals surface area contributed by atoms with Gasteiger partial charge in [0.1, 0.15) is 5.82 Å². The summed E-state index contributed by atoms with van der Waals surface area (Å²) >= 11 is 0. The smallest absolute Gasteiger partial charge is 0.306 e. The van der Waals surface area contributed by atoms with Gasteiger partial charge in [-0.05, 0) is 43.7 Å². The number of nitrogens with one attached hydrogen (secondary N) is 1. The third kappa shape index (κ3) is 3.02. The highest BCUT2D eigenvalue weighted by Gasteiger charge is 2.26. The van der Waals surface area contributed by atoms with Gasteiger partial charge >= 0.3 is 5.97 Å². The lowest BCUT2D eigenvalue weighted by atomic mass is 9.82. The van der Waals surface area contributed by atoms with Crippen LogP contribution in [0.4, 0.5) is 5.82 Å². The molecule has 2 rings (SSSR count). The number of hydrogen-bond donors (Lipinski definition) is 2. The van der Waals surface area contributed by atoms with Gasteiger partial charge in [0.15, 0.2) is 0 Å². The van der Waals surface area contributed by atoms with Gasteiger partial charge in [0.05, 0.1) is 5.92 Å². The number of carboxylic acid groups (broad SMARTS) is 1. The van der Waals surface area contributed by atoms with E-state index in [1.54, 1.807) is 0 Å². The molecule has 1 aromatic heterocycles. The molecular weight excluding hydrogens is 216 g/mol. The summed E-state index contributed by atoms with van der Waals surface area (Å²) in [6, 6.07) is 4.05. The maximum atomic E-state index is 10.9. The largest absolute Gasteiger partial charge is 0.481 e. The van der Waals surface area contributed by atoms with E-state index in [1.165, 1.54) is 0 Å². The predicted molar refractivity (Wildman–Crippen MR) is 67.1 cm³/mol. The van der Waals surface area contributed by atoms with Crippen LogP contribution in [0.3, 0.4) is 0 Å². The molecule has 1 aliphatic carbocycles. The summed E-state index contributed by atoms with van der Waals surface area (Å²) in [6.45, 7) is 1.01. The van der Waals surface area contributed by atoms with E-state index in [9.17, 15) is 4.79 Å². The Bertz CT molecular complexity index is 354. The van der Waals surface area contributed by atoms with Gasteiger partial charge in [-0.25, -0.2) is 0 Å². The third-order valence-electron chi connectivity index (χ3n) is 3.72. The van der Waals surface area contributed by atoms with E-state index in [-0.39, 0.29) is 5.92 Å². The van der Waals surface area contributed by atoms with Crippen molar-refractivity contribution >= 4 is 11.8 Å². The summed E-state index contributed by atoms with van der Waals surface area (Å²) < 4.78 is 0. The maximum Gasteiger partial charge on any atom is 0.306 e. The third-order valence-corrected chi connectivity index (χ3v) is 3.72. The molecule has 0 unspecified atom stereocenters. The minimum absolute atomic E-state index is 0.109. The van der Waals surface area contributed by atoms with Crippen LogP contribution in [0.1, 0.15) is 25.7 Å². The quantitative estimate of drug-likeness (QED) is 0.843. The number of carbonyl (C=O) groups is 1. The van der Waals surface area contributed by atoms with Crippen LogP contribution in [-0.4, -0.2) is 29.7 Å². The zero-order valence-electron chi connectivity index (χ0n) is 10.2. The Kier molecular flexibility index (Phi) is 3.71. The van der Waals surface area contributed by atoms with Crippen LogP contribution in [0.2, 0.25) is 0 Å². The fourth-order valence-corrected chi connectivity index (χ4v) is 2.64. The van der Waals surface area contributed by atoms with Gasteiger partial charge in [-0.3, -0.25) is 4.79 Å². The number of rotatable bonds is 4. The minimum Gasteiger partial charge on any atom is -0.481 e. The lowest BCUT2D eigenvalue weighted by Crippen LogP contribution is -2.30. The summed E-state index contributed by atoms with van der Waals surface area (Å²) in [6.07, 6.45) is 5.65. The van der Waals surface area contributed by atoms with Crippen LogP contribution in [0.5, 0.6) is 0 Å². The number of carboxylic acids is 1. The number of aromatic nitrogens is 1. The van der Waals surface area contributed by atoms with E-state index >= 15 is 0 Å². The van der Waals surface area contributed by atoms with E-state index in [0.717, 1.165) is 38.0 Å². The first kappa shape index (κ1) is 12.0. The second-order valence-electron chi connectivity index (χ2n) is 4.99. The van der Waals surface area contributed by atoms with Crippen molar-refractivity contribution in [2.75, 3.05) is 18.5 Å².